The van der Waals surface area contributed by atoms with Crippen molar-refractivity contribution in [3.05, 3.63) is 29.3 Å². The van der Waals surface area contributed by atoms with E-state index in [1.807, 2.05) is 0 Å². The molecule has 90 valence electrons. The van der Waals surface area contributed by atoms with Gasteiger partial charge in [-0.15, -0.1) is 0 Å². The van der Waals surface area contributed by atoms with Gasteiger partial charge in [0.1, 0.15) is 5.75 Å². The van der Waals surface area contributed by atoms with E-state index in [0.717, 1.165) is 6.92 Å². The van der Waals surface area contributed by atoms with Crippen LogP contribution in [0, 0.1) is 0 Å². The maximum absolute atomic E-state index is 13.1. The van der Waals surface area contributed by atoms with E-state index in [2.05, 4.69) is 0 Å². The highest BCUT2D eigenvalue weighted by molar-refractivity contribution is 5.40. The van der Waals surface area contributed by atoms with Gasteiger partial charge in [0.2, 0.25) is 0 Å². The summed E-state index contributed by atoms with van der Waals surface area (Å²) in [5.41, 5.74) is 0.535. The van der Waals surface area contributed by atoms with Crippen LogP contribution in [0.5, 0.6) is 5.75 Å². The average molecular weight is 230 g/mol. The number of halogens is 2. The van der Waals surface area contributed by atoms with Crippen molar-refractivity contribution < 1.29 is 18.6 Å². The fraction of sp³-hybridized carbons (Fsp3) is 0.500. The van der Waals surface area contributed by atoms with Crippen LogP contribution in [0.4, 0.5) is 8.78 Å². The first-order valence-electron chi connectivity index (χ1n) is 5.07. The molecular formula is C12H16F2O2. The Labute approximate surface area is 93.9 Å². The Morgan fingerprint density at radius 3 is 2.50 bits per heavy atom. The van der Waals surface area contributed by atoms with Gasteiger partial charge in [-0.2, -0.15) is 0 Å². The third kappa shape index (κ3) is 2.70. The van der Waals surface area contributed by atoms with Crippen molar-refractivity contribution in [3.63, 3.8) is 0 Å². The molecule has 1 aromatic rings. The maximum atomic E-state index is 13.1. The molecule has 0 aliphatic heterocycles. The van der Waals surface area contributed by atoms with Crippen molar-refractivity contribution in [2.24, 2.45) is 0 Å². The molecule has 1 rings (SSSR count). The summed E-state index contributed by atoms with van der Waals surface area (Å²) in [5, 5.41) is 9.06. The molecule has 0 aromatic heterocycles. The van der Waals surface area contributed by atoms with Gasteiger partial charge in [-0.25, -0.2) is 8.78 Å². The number of ether oxygens (including phenoxy) is 1. The second kappa shape index (κ2) is 4.78. The molecule has 0 amide bonds. The molecule has 16 heavy (non-hydrogen) atoms. The Hall–Kier alpha value is -1.16. The molecule has 1 N–H and O–H groups in total. The first-order valence-corrected chi connectivity index (χ1v) is 5.07. The fourth-order valence-electron chi connectivity index (χ4n) is 1.49. The summed E-state index contributed by atoms with van der Waals surface area (Å²) in [5.74, 6) is -2.58. The minimum absolute atomic E-state index is 0.0661. The van der Waals surface area contributed by atoms with Gasteiger partial charge in [0.05, 0.1) is 7.11 Å². The lowest BCUT2D eigenvalue weighted by Crippen LogP contribution is -2.10. The summed E-state index contributed by atoms with van der Waals surface area (Å²) in [6.45, 7) is 2.51. The predicted octanol–water partition coefficient (Wildman–Crippen LogP) is 2.90. The number of benzene rings is 1. The van der Waals surface area contributed by atoms with Gasteiger partial charge in [-0.3, -0.25) is 0 Å². The molecule has 4 heteroatoms. The van der Waals surface area contributed by atoms with Crippen LogP contribution in [0.25, 0.3) is 0 Å². The summed E-state index contributed by atoms with van der Waals surface area (Å²) in [7, 11) is 1.48. The molecule has 1 unspecified atom stereocenters. The van der Waals surface area contributed by atoms with E-state index in [1.165, 1.54) is 25.3 Å². The van der Waals surface area contributed by atoms with Crippen molar-refractivity contribution >= 4 is 0 Å². The first-order chi connectivity index (χ1) is 7.40. The molecule has 0 saturated carbocycles. The Kier molecular flexibility index (Phi) is 3.86. The molecule has 0 heterocycles. The molecule has 0 aliphatic rings. The minimum Gasteiger partial charge on any atom is -0.496 e. The zero-order valence-electron chi connectivity index (χ0n) is 9.63. The van der Waals surface area contributed by atoms with Gasteiger partial charge in [0, 0.05) is 25.0 Å². The van der Waals surface area contributed by atoms with E-state index in [9.17, 15) is 8.78 Å². The third-order valence-electron chi connectivity index (χ3n) is 2.54. The molecule has 0 bridgehead atoms. The number of rotatable bonds is 4. The van der Waals surface area contributed by atoms with Crippen LogP contribution in [0.15, 0.2) is 18.2 Å². The minimum atomic E-state index is -2.88. The van der Waals surface area contributed by atoms with Crippen LogP contribution in [0.2, 0.25) is 0 Å². The highest BCUT2D eigenvalue weighted by Gasteiger charge is 2.26. The molecule has 0 spiro atoms. The third-order valence-corrected chi connectivity index (χ3v) is 2.54. The van der Waals surface area contributed by atoms with E-state index in [0.29, 0.717) is 11.3 Å². The van der Waals surface area contributed by atoms with E-state index >= 15 is 0 Å². The van der Waals surface area contributed by atoms with Crippen LogP contribution in [0.3, 0.4) is 0 Å². The monoisotopic (exact) mass is 230 g/mol. The summed E-state index contributed by atoms with van der Waals surface area (Å²) < 4.78 is 31.3. The van der Waals surface area contributed by atoms with Gasteiger partial charge in [0.15, 0.2) is 0 Å². The van der Waals surface area contributed by atoms with Gasteiger partial charge < -0.3 is 9.84 Å². The predicted molar refractivity (Wildman–Crippen MR) is 58.1 cm³/mol. The van der Waals surface area contributed by atoms with Crippen LogP contribution >= 0.6 is 0 Å². The van der Waals surface area contributed by atoms with Gasteiger partial charge >= 0.3 is 0 Å². The lowest BCUT2D eigenvalue weighted by Gasteiger charge is -2.17. The SMILES string of the molecule is COc1ccc(C(C)(F)F)cc1C(C)CO. The number of aliphatic hydroxyl groups excluding tert-OH is 1. The summed E-state index contributed by atoms with van der Waals surface area (Å²) >= 11 is 0. The smallest absolute Gasteiger partial charge is 0.270 e. The van der Waals surface area contributed by atoms with Crippen LogP contribution in [0.1, 0.15) is 30.9 Å². The molecular weight excluding hydrogens is 214 g/mol. The quantitative estimate of drug-likeness (QED) is 0.861. The molecule has 1 atom stereocenters. The molecule has 0 fully saturated rings. The van der Waals surface area contributed by atoms with E-state index < -0.39 is 5.92 Å². The molecule has 0 aliphatic carbocycles. The Morgan fingerprint density at radius 1 is 1.44 bits per heavy atom. The average Bonchev–Trinajstić information content (AvgIpc) is 2.25. The van der Waals surface area contributed by atoms with Gasteiger partial charge in [-0.05, 0) is 23.8 Å². The molecule has 0 saturated heterocycles. The van der Waals surface area contributed by atoms with E-state index in [1.54, 1.807) is 6.92 Å². The Balaban J connectivity index is 3.21. The fourth-order valence-corrected chi connectivity index (χ4v) is 1.49. The summed E-state index contributed by atoms with van der Waals surface area (Å²) in [6, 6.07) is 4.24. The first kappa shape index (κ1) is 12.9. The summed E-state index contributed by atoms with van der Waals surface area (Å²) in [6.07, 6.45) is 0. The number of alkyl halides is 2. The number of aliphatic hydroxyl groups is 1. The number of methoxy groups -OCH3 is 1. The second-order valence-electron chi connectivity index (χ2n) is 3.93. The highest BCUT2D eigenvalue weighted by Crippen LogP contribution is 2.33. The Morgan fingerprint density at radius 2 is 2.06 bits per heavy atom. The second-order valence-corrected chi connectivity index (χ2v) is 3.93. The van der Waals surface area contributed by atoms with Crippen molar-refractivity contribution in [2.45, 2.75) is 25.7 Å². The molecule has 1 aromatic carbocycles. The lowest BCUT2D eigenvalue weighted by molar-refractivity contribution is 0.0173. The summed E-state index contributed by atoms with van der Waals surface area (Å²) in [4.78, 5) is 0. The maximum Gasteiger partial charge on any atom is 0.270 e. The van der Waals surface area contributed by atoms with Crippen molar-refractivity contribution in [2.75, 3.05) is 13.7 Å². The zero-order chi connectivity index (χ0) is 12.3. The van der Waals surface area contributed by atoms with E-state index in [-0.39, 0.29) is 18.1 Å². The van der Waals surface area contributed by atoms with Crippen LogP contribution in [-0.2, 0) is 5.92 Å². The van der Waals surface area contributed by atoms with Crippen LogP contribution < -0.4 is 4.74 Å². The Bertz CT molecular complexity index is 359. The van der Waals surface area contributed by atoms with Gasteiger partial charge in [-0.1, -0.05) is 6.92 Å². The van der Waals surface area contributed by atoms with Gasteiger partial charge in [0.25, 0.3) is 5.92 Å². The zero-order valence-corrected chi connectivity index (χ0v) is 9.63. The standard InChI is InChI=1S/C12H16F2O2/c1-8(7-15)10-6-9(12(2,13)14)4-5-11(10)16-3/h4-6,8,15H,7H2,1-3H3. The number of hydrogen-bond acceptors (Lipinski definition) is 2. The largest absolute Gasteiger partial charge is 0.496 e. The number of hydrogen-bond donors (Lipinski definition) is 1. The normalized spacial score (nSPS) is 13.6. The van der Waals surface area contributed by atoms with E-state index in [4.69, 9.17) is 9.84 Å². The highest BCUT2D eigenvalue weighted by atomic mass is 19.3. The van der Waals surface area contributed by atoms with Crippen LogP contribution in [-0.4, -0.2) is 18.8 Å². The topological polar surface area (TPSA) is 29.5 Å². The lowest BCUT2D eigenvalue weighted by atomic mass is 9.97. The van der Waals surface area contributed by atoms with Crippen molar-refractivity contribution in [3.8, 4) is 5.75 Å². The molecule has 2 nitrogen and oxygen atoms in total. The molecule has 0 radical (unpaired) electrons. The van der Waals surface area contributed by atoms with Crippen molar-refractivity contribution in [1.29, 1.82) is 0 Å². The van der Waals surface area contributed by atoms with Crippen molar-refractivity contribution in [1.82, 2.24) is 0 Å².